The molecule has 0 unspecified atom stereocenters. The number of alkyl halides is 3. The molecule has 1 fully saturated rings. The fraction of sp³-hybridized carbons (Fsp3) is 0.562. The van der Waals surface area contributed by atoms with Crippen LogP contribution in [0.1, 0.15) is 5.56 Å². The maximum Gasteiger partial charge on any atom is 0.490 e. The number of carbonyl (C=O) groups is 1. The lowest BCUT2D eigenvalue weighted by molar-refractivity contribution is -0.192. The molecule has 2 rings (SSSR count). The van der Waals surface area contributed by atoms with Crippen molar-refractivity contribution in [3.05, 3.63) is 17.7 Å². The fourth-order valence-electron chi connectivity index (χ4n) is 2.33. The zero-order chi connectivity index (χ0) is 19.7. The molecular formula is C16H23F3N2O5. The van der Waals surface area contributed by atoms with Crippen molar-refractivity contribution in [1.82, 2.24) is 10.2 Å². The van der Waals surface area contributed by atoms with E-state index in [9.17, 15) is 13.2 Å². The average Bonchev–Trinajstić information content (AvgIpc) is 2.61. The summed E-state index contributed by atoms with van der Waals surface area (Å²) in [5.74, 6) is -0.472. The second kappa shape index (κ2) is 10.1. The average molecular weight is 380 g/mol. The molecule has 0 bridgehead atoms. The molecule has 10 heteroatoms. The van der Waals surface area contributed by atoms with Gasteiger partial charge in [-0.3, -0.25) is 4.90 Å². The van der Waals surface area contributed by atoms with E-state index < -0.39 is 12.1 Å². The van der Waals surface area contributed by atoms with Gasteiger partial charge in [0.15, 0.2) is 11.5 Å². The van der Waals surface area contributed by atoms with Crippen molar-refractivity contribution in [3.63, 3.8) is 0 Å². The van der Waals surface area contributed by atoms with E-state index in [1.807, 2.05) is 12.1 Å². The van der Waals surface area contributed by atoms with Gasteiger partial charge in [-0.2, -0.15) is 13.2 Å². The van der Waals surface area contributed by atoms with Crippen LogP contribution in [0.15, 0.2) is 12.1 Å². The summed E-state index contributed by atoms with van der Waals surface area (Å²) >= 11 is 0. The molecule has 1 aromatic carbocycles. The minimum Gasteiger partial charge on any atom is -0.496 e. The van der Waals surface area contributed by atoms with Crippen LogP contribution >= 0.6 is 0 Å². The van der Waals surface area contributed by atoms with E-state index in [0.29, 0.717) is 5.75 Å². The fourth-order valence-corrected chi connectivity index (χ4v) is 2.33. The van der Waals surface area contributed by atoms with E-state index in [-0.39, 0.29) is 0 Å². The maximum atomic E-state index is 10.6. The molecule has 0 atom stereocenters. The number of ether oxygens (including phenoxy) is 3. The van der Waals surface area contributed by atoms with Gasteiger partial charge in [0.2, 0.25) is 0 Å². The van der Waals surface area contributed by atoms with Crippen LogP contribution < -0.4 is 19.5 Å². The Labute approximate surface area is 149 Å². The van der Waals surface area contributed by atoms with Crippen molar-refractivity contribution < 1.29 is 37.3 Å². The van der Waals surface area contributed by atoms with E-state index >= 15 is 0 Å². The van der Waals surface area contributed by atoms with E-state index in [4.69, 9.17) is 24.1 Å². The molecule has 148 valence electrons. The molecule has 1 aromatic rings. The highest BCUT2D eigenvalue weighted by Gasteiger charge is 2.38. The topological polar surface area (TPSA) is 80.3 Å². The Hall–Kier alpha value is -2.20. The van der Waals surface area contributed by atoms with Gasteiger partial charge in [-0.05, 0) is 6.07 Å². The van der Waals surface area contributed by atoms with E-state index in [0.717, 1.165) is 49.8 Å². The number of piperazine rings is 1. The van der Waals surface area contributed by atoms with Gasteiger partial charge in [-0.25, -0.2) is 4.79 Å². The summed E-state index contributed by atoms with van der Waals surface area (Å²) in [4.78, 5) is 11.3. The highest BCUT2D eigenvalue weighted by molar-refractivity contribution is 5.73. The number of rotatable bonds is 5. The van der Waals surface area contributed by atoms with Gasteiger partial charge >= 0.3 is 12.1 Å². The predicted molar refractivity (Wildman–Crippen MR) is 87.9 cm³/mol. The van der Waals surface area contributed by atoms with Gasteiger partial charge in [-0.15, -0.1) is 0 Å². The number of aliphatic carboxylic acids is 1. The molecule has 0 spiro atoms. The first-order valence-electron chi connectivity index (χ1n) is 7.75. The van der Waals surface area contributed by atoms with Crippen molar-refractivity contribution in [3.8, 4) is 17.2 Å². The van der Waals surface area contributed by atoms with E-state index in [2.05, 4.69) is 10.2 Å². The maximum absolute atomic E-state index is 10.6. The summed E-state index contributed by atoms with van der Waals surface area (Å²) in [6.45, 7) is 5.05. The Balaban J connectivity index is 0.000000412. The summed E-state index contributed by atoms with van der Waals surface area (Å²) < 4.78 is 47.8. The number of methoxy groups -OCH3 is 3. The summed E-state index contributed by atoms with van der Waals surface area (Å²) in [6, 6.07) is 3.88. The highest BCUT2D eigenvalue weighted by Crippen LogP contribution is 2.35. The van der Waals surface area contributed by atoms with Gasteiger partial charge in [0.25, 0.3) is 0 Å². The number of benzene rings is 1. The number of hydrogen-bond acceptors (Lipinski definition) is 6. The molecule has 7 nitrogen and oxygen atoms in total. The monoisotopic (exact) mass is 380 g/mol. The van der Waals surface area contributed by atoms with Gasteiger partial charge < -0.3 is 24.6 Å². The Morgan fingerprint density at radius 1 is 1.08 bits per heavy atom. The van der Waals surface area contributed by atoms with Crippen molar-refractivity contribution in [2.24, 2.45) is 0 Å². The lowest BCUT2D eigenvalue weighted by atomic mass is 10.1. The zero-order valence-corrected chi connectivity index (χ0v) is 14.9. The van der Waals surface area contributed by atoms with Crippen LogP contribution in [0.3, 0.4) is 0 Å². The second-order valence-corrected chi connectivity index (χ2v) is 5.35. The Bertz CT molecular complexity index is 590. The third-order valence-corrected chi connectivity index (χ3v) is 3.63. The minimum atomic E-state index is -5.08. The first-order chi connectivity index (χ1) is 12.2. The summed E-state index contributed by atoms with van der Waals surface area (Å²) in [5, 5.41) is 10.5. The molecule has 1 saturated heterocycles. The molecule has 0 aromatic heterocycles. The molecule has 0 aliphatic carbocycles. The van der Waals surface area contributed by atoms with Gasteiger partial charge in [0.1, 0.15) is 5.75 Å². The molecule has 1 aliphatic heterocycles. The molecule has 0 amide bonds. The van der Waals surface area contributed by atoms with Gasteiger partial charge in [-0.1, -0.05) is 0 Å². The lowest BCUT2D eigenvalue weighted by Crippen LogP contribution is -2.42. The first kappa shape index (κ1) is 21.8. The summed E-state index contributed by atoms with van der Waals surface area (Å²) in [6.07, 6.45) is -5.08. The summed E-state index contributed by atoms with van der Waals surface area (Å²) in [5.41, 5.74) is 1.13. The number of carboxylic acids is 1. The number of nitrogens with one attached hydrogen (secondary N) is 1. The van der Waals surface area contributed by atoms with Crippen molar-refractivity contribution in [1.29, 1.82) is 0 Å². The van der Waals surface area contributed by atoms with Crippen molar-refractivity contribution in [2.45, 2.75) is 12.7 Å². The number of hydrogen-bond donors (Lipinski definition) is 2. The summed E-state index contributed by atoms with van der Waals surface area (Å²) in [7, 11) is 4.97. The zero-order valence-electron chi connectivity index (χ0n) is 14.9. The second-order valence-electron chi connectivity index (χ2n) is 5.35. The van der Waals surface area contributed by atoms with Crippen molar-refractivity contribution in [2.75, 3.05) is 47.5 Å². The van der Waals surface area contributed by atoms with Crippen LogP contribution in [0, 0.1) is 0 Å². The van der Waals surface area contributed by atoms with Crippen LogP contribution in [0.5, 0.6) is 17.2 Å². The van der Waals surface area contributed by atoms with Crippen LogP contribution in [-0.4, -0.2) is 69.7 Å². The molecule has 0 radical (unpaired) electrons. The molecule has 1 heterocycles. The molecule has 1 aliphatic rings. The van der Waals surface area contributed by atoms with Gasteiger partial charge in [0, 0.05) is 44.4 Å². The van der Waals surface area contributed by atoms with Gasteiger partial charge in [0.05, 0.1) is 21.3 Å². The third-order valence-electron chi connectivity index (χ3n) is 3.63. The molecule has 26 heavy (non-hydrogen) atoms. The molecular weight excluding hydrogens is 357 g/mol. The van der Waals surface area contributed by atoms with Crippen LogP contribution in [0.2, 0.25) is 0 Å². The standard InChI is InChI=1S/C14H22N2O3.C2HF3O2/c1-17-12-9-14(19-3)13(18-2)8-11(12)10-16-6-4-15-5-7-16;3-2(4,5)1(6)7/h8-9,15H,4-7,10H2,1-3H3;(H,6,7). The quantitative estimate of drug-likeness (QED) is 0.806. The normalized spacial score (nSPS) is 14.8. The Morgan fingerprint density at radius 3 is 1.96 bits per heavy atom. The van der Waals surface area contributed by atoms with Crippen LogP contribution in [0.4, 0.5) is 13.2 Å². The SMILES string of the molecule is COc1cc(OC)c(OC)cc1CN1CCNCC1.O=C(O)C(F)(F)F. The van der Waals surface area contributed by atoms with E-state index in [1.165, 1.54) is 0 Å². The van der Waals surface area contributed by atoms with Crippen LogP contribution in [-0.2, 0) is 11.3 Å². The van der Waals surface area contributed by atoms with Crippen LogP contribution in [0.25, 0.3) is 0 Å². The number of carboxylic acid groups (broad SMARTS) is 1. The lowest BCUT2D eigenvalue weighted by Gasteiger charge is -2.28. The first-order valence-corrected chi connectivity index (χ1v) is 7.75. The largest absolute Gasteiger partial charge is 0.496 e. The minimum absolute atomic E-state index is 0.698. The molecule has 0 saturated carbocycles. The highest BCUT2D eigenvalue weighted by atomic mass is 19.4. The Kier molecular flexibility index (Phi) is 8.46. The Morgan fingerprint density at radius 2 is 1.54 bits per heavy atom. The molecule has 2 N–H and O–H groups in total. The smallest absolute Gasteiger partial charge is 0.490 e. The number of halogens is 3. The third kappa shape index (κ3) is 6.60. The van der Waals surface area contributed by atoms with E-state index in [1.54, 1.807) is 21.3 Å². The predicted octanol–water partition coefficient (Wildman–Crippen LogP) is 1.75. The number of nitrogens with zero attached hydrogens (tertiary/aromatic N) is 1. The van der Waals surface area contributed by atoms with Crippen molar-refractivity contribution >= 4 is 5.97 Å².